The molecule has 2 saturated carbocycles. The molecule has 0 saturated heterocycles. The van der Waals surface area contributed by atoms with E-state index in [1.54, 1.807) is 0 Å². The van der Waals surface area contributed by atoms with Gasteiger partial charge in [0.15, 0.2) is 0 Å². The van der Waals surface area contributed by atoms with Gasteiger partial charge in [0, 0.05) is 0 Å². The minimum atomic E-state index is -0.230. The molecule has 0 heterocycles. The van der Waals surface area contributed by atoms with Crippen molar-refractivity contribution in [2.24, 2.45) is 17.6 Å². The Morgan fingerprint density at radius 2 is 1.75 bits per heavy atom. The Hall–Kier alpha value is -0.120. The van der Waals surface area contributed by atoms with Crippen molar-refractivity contribution in [3.63, 3.8) is 0 Å². The molecule has 0 aromatic carbocycles. The van der Waals surface area contributed by atoms with Crippen LogP contribution >= 0.6 is 0 Å². The van der Waals surface area contributed by atoms with E-state index in [-0.39, 0.29) is 12.2 Å². The molecule has 2 aliphatic rings. The summed E-state index contributed by atoms with van der Waals surface area (Å²) in [5, 5.41) is 9.82. The molecule has 0 aromatic heterocycles. The molecule has 3 heteroatoms. The summed E-state index contributed by atoms with van der Waals surface area (Å²) in [4.78, 5) is 0. The van der Waals surface area contributed by atoms with Crippen molar-refractivity contribution in [2.75, 3.05) is 13.2 Å². The van der Waals surface area contributed by atoms with Crippen LogP contribution in [0, 0.1) is 11.8 Å². The van der Waals surface area contributed by atoms with Gasteiger partial charge in [0.25, 0.3) is 0 Å². The number of hydrogen-bond acceptors (Lipinski definition) is 3. The standard InChI is InChI=1S/C13H25NO2/c14-8-10-4-3-5-11(10)9-16-13-7-2-1-6-12(13)15/h10-13,15H,1-9,14H2. The first kappa shape index (κ1) is 12.3. The van der Waals surface area contributed by atoms with E-state index in [0.717, 1.165) is 32.4 Å². The highest BCUT2D eigenvalue weighted by molar-refractivity contribution is 4.80. The van der Waals surface area contributed by atoms with Gasteiger partial charge >= 0.3 is 0 Å². The molecule has 3 nitrogen and oxygen atoms in total. The predicted molar refractivity (Wildman–Crippen MR) is 64.1 cm³/mol. The molecular formula is C13H25NO2. The Kier molecular flexibility index (Phi) is 4.62. The molecule has 0 aliphatic heterocycles. The van der Waals surface area contributed by atoms with Crippen molar-refractivity contribution >= 4 is 0 Å². The molecule has 94 valence electrons. The highest BCUT2D eigenvalue weighted by Gasteiger charge is 2.29. The van der Waals surface area contributed by atoms with Gasteiger partial charge < -0.3 is 15.6 Å². The average Bonchev–Trinajstić information content (AvgIpc) is 2.75. The first-order chi connectivity index (χ1) is 7.81. The van der Waals surface area contributed by atoms with E-state index >= 15 is 0 Å². The summed E-state index contributed by atoms with van der Waals surface area (Å²) in [6.45, 7) is 1.60. The fourth-order valence-electron chi connectivity index (χ4n) is 3.16. The monoisotopic (exact) mass is 227 g/mol. The molecule has 2 aliphatic carbocycles. The van der Waals surface area contributed by atoms with Crippen LogP contribution in [-0.4, -0.2) is 30.5 Å². The van der Waals surface area contributed by atoms with Crippen molar-refractivity contribution in [3.8, 4) is 0 Å². The lowest BCUT2D eigenvalue weighted by Crippen LogP contribution is -2.34. The minimum absolute atomic E-state index is 0.0905. The van der Waals surface area contributed by atoms with Gasteiger partial charge in [-0.05, 0) is 44.1 Å². The third-order valence-corrected chi connectivity index (χ3v) is 4.31. The largest absolute Gasteiger partial charge is 0.390 e. The topological polar surface area (TPSA) is 55.5 Å². The molecule has 2 rings (SSSR count). The molecule has 0 aromatic rings. The molecule has 0 spiro atoms. The molecule has 16 heavy (non-hydrogen) atoms. The first-order valence-electron chi connectivity index (χ1n) is 6.81. The summed E-state index contributed by atoms with van der Waals surface area (Å²) in [6.07, 6.45) is 7.96. The Balaban J connectivity index is 1.73. The van der Waals surface area contributed by atoms with Crippen molar-refractivity contribution in [1.29, 1.82) is 0 Å². The van der Waals surface area contributed by atoms with E-state index < -0.39 is 0 Å². The summed E-state index contributed by atoms with van der Waals surface area (Å²) in [6, 6.07) is 0. The van der Waals surface area contributed by atoms with Gasteiger partial charge in [-0.1, -0.05) is 19.3 Å². The fraction of sp³-hybridized carbons (Fsp3) is 1.00. The second-order valence-electron chi connectivity index (χ2n) is 5.41. The van der Waals surface area contributed by atoms with Crippen LogP contribution in [-0.2, 0) is 4.74 Å². The van der Waals surface area contributed by atoms with Crippen LogP contribution in [0.15, 0.2) is 0 Å². The summed E-state index contributed by atoms with van der Waals surface area (Å²) in [5.74, 6) is 1.29. The maximum atomic E-state index is 9.82. The third kappa shape index (κ3) is 2.96. The van der Waals surface area contributed by atoms with Gasteiger partial charge in [-0.25, -0.2) is 0 Å². The second-order valence-corrected chi connectivity index (χ2v) is 5.41. The van der Waals surface area contributed by atoms with E-state index in [1.807, 2.05) is 0 Å². The first-order valence-corrected chi connectivity index (χ1v) is 6.81. The van der Waals surface area contributed by atoms with Crippen molar-refractivity contribution in [3.05, 3.63) is 0 Å². The van der Waals surface area contributed by atoms with E-state index in [0.29, 0.717) is 11.8 Å². The lowest BCUT2D eigenvalue weighted by atomic mass is 9.94. The molecule has 0 amide bonds. The zero-order valence-electron chi connectivity index (χ0n) is 10.1. The van der Waals surface area contributed by atoms with E-state index in [2.05, 4.69) is 0 Å². The van der Waals surface area contributed by atoms with Crippen molar-refractivity contribution in [1.82, 2.24) is 0 Å². The number of nitrogens with two attached hydrogens (primary N) is 1. The van der Waals surface area contributed by atoms with Gasteiger partial charge in [0.2, 0.25) is 0 Å². The molecule has 0 bridgehead atoms. The van der Waals surface area contributed by atoms with Crippen LogP contribution < -0.4 is 5.73 Å². The van der Waals surface area contributed by atoms with E-state index in [4.69, 9.17) is 10.5 Å². The van der Waals surface area contributed by atoms with Gasteiger partial charge in [-0.2, -0.15) is 0 Å². The van der Waals surface area contributed by atoms with Gasteiger partial charge in [-0.15, -0.1) is 0 Å². The van der Waals surface area contributed by atoms with E-state index in [1.165, 1.54) is 25.7 Å². The van der Waals surface area contributed by atoms with Crippen LogP contribution in [0.2, 0.25) is 0 Å². The Morgan fingerprint density at radius 1 is 1.00 bits per heavy atom. The van der Waals surface area contributed by atoms with Gasteiger partial charge in [-0.3, -0.25) is 0 Å². The molecule has 3 N–H and O–H groups in total. The summed E-state index contributed by atoms with van der Waals surface area (Å²) >= 11 is 0. The minimum Gasteiger partial charge on any atom is -0.390 e. The molecule has 0 radical (unpaired) electrons. The SMILES string of the molecule is NCC1CCCC1COC1CCCCC1O. The normalized spacial score (nSPS) is 40.1. The highest BCUT2D eigenvalue weighted by atomic mass is 16.5. The lowest BCUT2D eigenvalue weighted by molar-refractivity contribution is -0.0718. The van der Waals surface area contributed by atoms with Crippen LogP contribution in [0.5, 0.6) is 0 Å². The van der Waals surface area contributed by atoms with E-state index in [9.17, 15) is 5.11 Å². The molecule has 2 fully saturated rings. The Bertz CT molecular complexity index is 208. The Morgan fingerprint density at radius 3 is 2.50 bits per heavy atom. The van der Waals surface area contributed by atoms with Crippen LogP contribution in [0.25, 0.3) is 0 Å². The second kappa shape index (κ2) is 5.99. The van der Waals surface area contributed by atoms with Crippen molar-refractivity contribution in [2.45, 2.75) is 57.2 Å². The highest BCUT2D eigenvalue weighted by Crippen LogP contribution is 2.32. The lowest BCUT2D eigenvalue weighted by Gasteiger charge is -2.29. The number of ether oxygens (including phenoxy) is 1. The smallest absolute Gasteiger partial charge is 0.0834 e. The van der Waals surface area contributed by atoms with Crippen LogP contribution in [0.1, 0.15) is 44.9 Å². The van der Waals surface area contributed by atoms with Gasteiger partial charge in [0.05, 0.1) is 18.8 Å². The number of aliphatic hydroxyl groups is 1. The number of hydrogen-bond donors (Lipinski definition) is 2. The van der Waals surface area contributed by atoms with Crippen LogP contribution in [0.4, 0.5) is 0 Å². The Labute approximate surface area is 98.4 Å². The maximum Gasteiger partial charge on any atom is 0.0834 e. The quantitative estimate of drug-likeness (QED) is 0.768. The van der Waals surface area contributed by atoms with Gasteiger partial charge in [0.1, 0.15) is 0 Å². The number of rotatable bonds is 4. The molecule has 4 unspecified atom stereocenters. The average molecular weight is 227 g/mol. The zero-order valence-corrected chi connectivity index (χ0v) is 10.1. The molecule has 4 atom stereocenters. The maximum absolute atomic E-state index is 9.82. The van der Waals surface area contributed by atoms with Crippen LogP contribution in [0.3, 0.4) is 0 Å². The third-order valence-electron chi connectivity index (χ3n) is 4.31. The molecular weight excluding hydrogens is 202 g/mol. The summed E-state index contributed by atoms with van der Waals surface area (Å²) in [7, 11) is 0. The van der Waals surface area contributed by atoms with Crippen molar-refractivity contribution < 1.29 is 9.84 Å². The summed E-state index contributed by atoms with van der Waals surface area (Å²) < 4.78 is 5.91. The zero-order chi connectivity index (χ0) is 11.4. The summed E-state index contributed by atoms with van der Waals surface area (Å²) in [5.41, 5.74) is 5.76. The number of aliphatic hydroxyl groups excluding tert-OH is 1. The predicted octanol–water partition coefficient (Wildman–Crippen LogP) is 1.68. The fourth-order valence-corrected chi connectivity index (χ4v) is 3.16.